The maximum absolute atomic E-state index is 12.1. The summed E-state index contributed by atoms with van der Waals surface area (Å²) in [4.78, 5) is 26.1. The van der Waals surface area contributed by atoms with Crippen molar-refractivity contribution in [3.63, 3.8) is 0 Å². The van der Waals surface area contributed by atoms with Gasteiger partial charge in [0.2, 0.25) is 0 Å². The Morgan fingerprint density at radius 2 is 1.76 bits per heavy atom. The van der Waals surface area contributed by atoms with Crippen molar-refractivity contribution in [2.45, 2.75) is 20.3 Å². The lowest BCUT2D eigenvalue weighted by molar-refractivity contribution is -0.119. The van der Waals surface area contributed by atoms with Crippen LogP contribution in [0, 0.1) is 6.92 Å². The Morgan fingerprint density at radius 3 is 2.36 bits per heavy atom. The number of esters is 1. The van der Waals surface area contributed by atoms with Gasteiger partial charge in [-0.05, 0) is 48.7 Å². The second-order valence-corrected chi connectivity index (χ2v) is 6.03. The zero-order chi connectivity index (χ0) is 18.4. The number of ether oxygens (including phenoxy) is 1. The molecule has 2 rings (SSSR count). The summed E-state index contributed by atoms with van der Waals surface area (Å²) in [5.74, 6) is -0.858. The van der Waals surface area contributed by atoms with E-state index >= 15 is 0 Å². The van der Waals surface area contributed by atoms with Crippen LogP contribution in [0.2, 0.25) is 0 Å². The molecule has 2 aromatic carbocycles. The number of hydrogen-bond acceptors (Lipinski definition) is 4. The van der Waals surface area contributed by atoms with Crippen LogP contribution in [0.25, 0.3) is 0 Å². The van der Waals surface area contributed by atoms with Crippen LogP contribution in [0.3, 0.4) is 0 Å². The van der Waals surface area contributed by atoms with Gasteiger partial charge in [-0.2, -0.15) is 0 Å². The fourth-order valence-corrected chi connectivity index (χ4v) is 2.49. The zero-order valence-electron chi connectivity index (χ0n) is 15.1. The average molecular weight is 340 g/mol. The number of carbonyl (C=O) groups is 2. The van der Waals surface area contributed by atoms with E-state index in [-0.39, 0.29) is 12.5 Å². The van der Waals surface area contributed by atoms with Crippen molar-refractivity contribution in [3.8, 4) is 0 Å². The first-order chi connectivity index (χ1) is 11.9. The molecule has 0 radical (unpaired) electrons. The molecule has 1 amide bonds. The van der Waals surface area contributed by atoms with Gasteiger partial charge in [0.05, 0.1) is 5.56 Å². The van der Waals surface area contributed by atoms with Crippen molar-refractivity contribution < 1.29 is 14.3 Å². The third-order valence-electron chi connectivity index (χ3n) is 3.96. The summed E-state index contributed by atoms with van der Waals surface area (Å²) in [6.07, 6.45) is 0.815. The summed E-state index contributed by atoms with van der Waals surface area (Å²) in [7, 11) is 3.85. The molecule has 0 atom stereocenters. The van der Waals surface area contributed by atoms with Crippen LogP contribution in [-0.4, -0.2) is 32.6 Å². The Hall–Kier alpha value is -2.82. The number of benzene rings is 2. The molecule has 0 aliphatic rings. The predicted molar refractivity (Wildman–Crippen MR) is 100 cm³/mol. The molecule has 0 heterocycles. The number of carbonyl (C=O) groups excluding carboxylic acids is 2. The molecule has 0 fully saturated rings. The number of nitrogens with one attached hydrogen (secondary N) is 1. The minimum absolute atomic E-state index is 0.314. The van der Waals surface area contributed by atoms with Gasteiger partial charge in [-0.1, -0.05) is 25.1 Å². The summed E-state index contributed by atoms with van der Waals surface area (Å²) in [6.45, 7) is 3.65. The maximum Gasteiger partial charge on any atom is 0.338 e. The molecule has 0 unspecified atom stereocenters. The second-order valence-electron chi connectivity index (χ2n) is 6.03. The van der Waals surface area contributed by atoms with Crippen molar-refractivity contribution in [1.82, 2.24) is 0 Å². The normalized spacial score (nSPS) is 10.2. The van der Waals surface area contributed by atoms with E-state index in [4.69, 9.17) is 4.74 Å². The lowest BCUT2D eigenvalue weighted by Gasteiger charge is -2.14. The van der Waals surface area contributed by atoms with Gasteiger partial charge in [0.25, 0.3) is 5.91 Å². The Labute approximate surface area is 148 Å². The van der Waals surface area contributed by atoms with Crippen LogP contribution in [0.15, 0.2) is 42.5 Å². The predicted octanol–water partition coefficient (Wildman–Crippen LogP) is 3.42. The molecule has 0 aromatic heterocycles. The molecule has 0 saturated heterocycles. The molecule has 0 bridgehead atoms. The highest BCUT2D eigenvalue weighted by Crippen LogP contribution is 2.21. The smallest absolute Gasteiger partial charge is 0.338 e. The van der Waals surface area contributed by atoms with Crippen LogP contribution >= 0.6 is 0 Å². The van der Waals surface area contributed by atoms with Crippen molar-refractivity contribution in [3.05, 3.63) is 59.2 Å². The average Bonchev–Trinajstić information content (AvgIpc) is 2.61. The first-order valence-corrected chi connectivity index (χ1v) is 8.25. The highest BCUT2D eigenvalue weighted by atomic mass is 16.5. The zero-order valence-corrected chi connectivity index (χ0v) is 15.1. The second kappa shape index (κ2) is 8.33. The van der Waals surface area contributed by atoms with E-state index in [1.807, 2.05) is 63.2 Å². The molecule has 2 aromatic rings. The van der Waals surface area contributed by atoms with Gasteiger partial charge in [0, 0.05) is 25.5 Å². The van der Waals surface area contributed by atoms with Gasteiger partial charge < -0.3 is 15.0 Å². The Bertz CT molecular complexity index is 752. The van der Waals surface area contributed by atoms with E-state index in [0.717, 1.165) is 28.9 Å². The van der Waals surface area contributed by atoms with Crippen LogP contribution in [0.1, 0.15) is 28.4 Å². The van der Waals surface area contributed by atoms with Crippen molar-refractivity contribution in [2.75, 3.05) is 30.9 Å². The van der Waals surface area contributed by atoms with E-state index < -0.39 is 5.97 Å². The molecule has 5 heteroatoms. The molecular weight excluding hydrogens is 316 g/mol. The molecule has 5 nitrogen and oxygen atoms in total. The molecule has 0 aliphatic heterocycles. The summed E-state index contributed by atoms with van der Waals surface area (Å²) in [5, 5.41) is 2.84. The highest BCUT2D eigenvalue weighted by molar-refractivity contribution is 5.96. The largest absolute Gasteiger partial charge is 0.452 e. The molecule has 132 valence electrons. The quantitative estimate of drug-likeness (QED) is 0.819. The maximum atomic E-state index is 12.1. The molecule has 0 aliphatic carbocycles. The van der Waals surface area contributed by atoms with E-state index in [9.17, 15) is 9.59 Å². The minimum atomic E-state index is -0.513. The van der Waals surface area contributed by atoms with E-state index in [1.165, 1.54) is 0 Å². The van der Waals surface area contributed by atoms with E-state index in [0.29, 0.717) is 5.56 Å². The third kappa shape index (κ3) is 4.83. The molecule has 25 heavy (non-hydrogen) atoms. The van der Waals surface area contributed by atoms with Crippen LogP contribution in [-0.2, 0) is 16.0 Å². The molecule has 0 saturated carbocycles. The highest BCUT2D eigenvalue weighted by Gasteiger charge is 2.13. The first kappa shape index (κ1) is 18.5. The third-order valence-corrected chi connectivity index (χ3v) is 3.96. The van der Waals surface area contributed by atoms with Gasteiger partial charge in [-0.25, -0.2) is 4.79 Å². The van der Waals surface area contributed by atoms with Crippen LogP contribution in [0.5, 0.6) is 0 Å². The Kier molecular flexibility index (Phi) is 6.17. The Morgan fingerprint density at radius 1 is 1.08 bits per heavy atom. The van der Waals surface area contributed by atoms with Gasteiger partial charge in [0.1, 0.15) is 0 Å². The first-order valence-electron chi connectivity index (χ1n) is 8.25. The van der Waals surface area contributed by atoms with Crippen LogP contribution < -0.4 is 10.2 Å². The summed E-state index contributed by atoms with van der Waals surface area (Å²) < 4.78 is 5.11. The molecular formula is C20H24N2O3. The van der Waals surface area contributed by atoms with Crippen LogP contribution in [0.4, 0.5) is 11.4 Å². The summed E-state index contributed by atoms with van der Waals surface area (Å²) in [6, 6.07) is 12.9. The summed E-state index contributed by atoms with van der Waals surface area (Å²) in [5.41, 5.74) is 4.24. The van der Waals surface area contributed by atoms with Crippen molar-refractivity contribution >= 4 is 23.3 Å². The summed E-state index contributed by atoms with van der Waals surface area (Å²) >= 11 is 0. The Balaban J connectivity index is 1.95. The lowest BCUT2D eigenvalue weighted by atomic mass is 10.1. The number of aryl methyl sites for hydroxylation is 2. The number of nitrogens with zero attached hydrogens (tertiary/aromatic N) is 1. The fraction of sp³-hybridized carbons (Fsp3) is 0.300. The minimum Gasteiger partial charge on any atom is -0.452 e. The number of anilines is 2. The number of hydrogen-bond donors (Lipinski definition) is 1. The van der Waals surface area contributed by atoms with Gasteiger partial charge >= 0.3 is 5.97 Å². The van der Waals surface area contributed by atoms with Crippen molar-refractivity contribution in [2.24, 2.45) is 0 Å². The van der Waals surface area contributed by atoms with Crippen molar-refractivity contribution in [1.29, 1.82) is 0 Å². The van der Waals surface area contributed by atoms with Gasteiger partial charge in [0.15, 0.2) is 6.61 Å². The van der Waals surface area contributed by atoms with Gasteiger partial charge in [-0.15, -0.1) is 0 Å². The molecule has 1 N–H and O–H groups in total. The number of amides is 1. The van der Waals surface area contributed by atoms with E-state index in [1.54, 1.807) is 12.1 Å². The lowest BCUT2D eigenvalue weighted by Crippen LogP contribution is -2.22. The standard InChI is InChI=1S/C20H24N2O3/c1-5-15-8-6-7-14(2)19(15)21-18(23)13-25-20(24)16-9-11-17(12-10-16)22(3)4/h6-12H,5,13H2,1-4H3,(H,21,23). The van der Waals surface area contributed by atoms with E-state index in [2.05, 4.69) is 5.32 Å². The SMILES string of the molecule is CCc1cccc(C)c1NC(=O)COC(=O)c1ccc(N(C)C)cc1. The number of para-hydroxylation sites is 1. The number of rotatable bonds is 6. The topological polar surface area (TPSA) is 58.6 Å². The fourth-order valence-electron chi connectivity index (χ4n) is 2.49. The monoisotopic (exact) mass is 340 g/mol. The van der Waals surface area contributed by atoms with Gasteiger partial charge in [-0.3, -0.25) is 4.79 Å². The molecule has 0 spiro atoms.